The van der Waals surface area contributed by atoms with Crippen molar-refractivity contribution in [3.8, 4) is 45.9 Å². The van der Waals surface area contributed by atoms with Crippen molar-refractivity contribution >= 4 is 21.8 Å². The van der Waals surface area contributed by atoms with Crippen LogP contribution < -0.4 is 0 Å². The summed E-state index contributed by atoms with van der Waals surface area (Å²) in [6, 6.07) is 44.0. The van der Waals surface area contributed by atoms with Gasteiger partial charge in [0.25, 0.3) is 0 Å². The molecule has 0 aliphatic heterocycles. The van der Waals surface area contributed by atoms with E-state index in [0.717, 1.165) is 79.7 Å². The highest BCUT2D eigenvalue weighted by molar-refractivity contribution is 6.10. The Hall–Kier alpha value is -5.60. The molecule has 0 N–H and O–H groups in total. The summed E-state index contributed by atoms with van der Waals surface area (Å²) in [4.78, 5) is 15.8. The summed E-state index contributed by atoms with van der Waals surface area (Å²) < 4.78 is 2.28. The maximum Gasteiger partial charge on any atom is 0.164 e. The summed E-state index contributed by atoms with van der Waals surface area (Å²) in [5.74, 6) is 6.86. The second-order valence-electron chi connectivity index (χ2n) is 20.6. The third-order valence-corrected chi connectivity index (χ3v) is 15.6. The topological polar surface area (TPSA) is 67.4 Å². The molecular weight excluding hydrogens is 743 g/mol. The van der Waals surface area contributed by atoms with E-state index >= 15 is 0 Å². The highest BCUT2D eigenvalue weighted by atomic mass is 15.0. The lowest BCUT2D eigenvalue weighted by atomic mass is 9.54. The van der Waals surface area contributed by atoms with Crippen LogP contribution in [0.3, 0.4) is 0 Å². The highest BCUT2D eigenvalue weighted by Crippen LogP contribution is 2.55. The zero-order valence-electron chi connectivity index (χ0n) is 36.2. The number of benzene rings is 5. The van der Waals surface area contributed by atoms with Gasteiger partial charge < -0.3 is 4.57 Å². The Bertz CT molecular complexity index is 2660. The van der Waals surface area contributed by atoms with Crippen LogP contribution in [0, 0.1) is 46.8 Å². The first-order valence-corrected chi connectivity index (χ1v) is 23.2. The van der Waals surface area contributed by atoms with Crippen molar-refractivity contribution in [1.82, 2.24) is 19.5 Å². The van der Waals surface area contributed by atoms with Gasteiger partial charge >= 0.3 is 0 Å². The molecule has 5 nitrogen and oxygen atoms in total. The van der Waals surface area contributed by atoms with Crippen LogP contribution in [0.15, 0.2) is 115 Å². The van der Waals surface area contributed by atoms with Gasteiger partial charge in [-0.25, -0.2) is 15.0 Å². The molecule has 4 bridgehead atoms. The van der Waals surface area contributed by atoms with Crippen LogP contribution in [-0.4, -0.2) is 19.5 Å². The number of fused-ring (bicyclic) bond motifs is 7. The first-order valence-electron chi connectivity index (χ1n) is 23.2. The van der Waals surface area contributed by atoms with Crippen LogP contribution >= 0.6 is 0 Å². The highest BCUT2D eigenvalue weighted by Gasteiger charge is 2.46. The van der Waals surface area contributed by atoms with Crippen LogP contribution in [0.4, 0.5) is 0 Å². The Morgan fingerprint density at radius 3 is 1.43 bits per heavy atom. The van der Waals surface area contributed by atoms with E-state index in [9.17, 15) is 5.26 Å². The smallest absolute Gasteiger partial charge is 0.164 e. The van der Waals surface area contributed by atoms with Gasteiger partial charge in [0.15, 0.2) is 17.5 Å². The van der Waals surface area contributed by atoms with Crippen LogP contribution in [-0.2, 0) is 10.8 Å². The summed E-state index contributed by atoms with van der Waals surface area (Å²) in [5.41, 5.74) is 10.4. The SMILES string of the molecule is C[C@@H]1C[C@@H]2C[C@H](C)CC(c3ccc(-c4nc(-c5ccc(C67C[C@H](C)C[C@H](C[C@H](C)C6)C7)cc5)nc(-c5ccc6c(c5)c5ccccc5n6-c5ccc(C#N)cc5)n4)cc3)(C1)C2. The summed E-state index contributed by atoms with van der Waals surface area (Å²) in [7, 11) is 0. The number of hydrogen-bond acceptors (Lipinski definition) is 4. The number of aromatic nitrogens is 4. The van der Waals surface area contributed by atoms with Gasteiger partial charge in [-0.05, 0) is 170 Å². The van der Waals surface area contributed by atoms with E-state index in [1.165, 1.54) is 75.3 Å². The predicted octanol–water partition coefficient (Wildman–Crippen LogP) is 14.0. The molecular formula is C56H57N5. The van der Waals surface area contributed by atoms with Crippen molar-refractivity contribution in [2.75, 3.05) is 0 Å². The lowest BCUT2D eigenvalue weighted by Gasteiger charge is -2.50. The Labute approximate surface area is 361 Å². The van der Waals surface area contributed by atoms with E-state index in [0.29, 0.717) is 23.0 Å². The van der Waals surface area contributed by atoms with Gasteiger partial charge in [-0.15, -0.1) is 0 Å². The largest absolute Gasteiger partial charge is 0.309 e. The third kappa shape index (κ3) is 6.78. The van der Waals surface area contributed by atoms with E-state index in [-0.39, 0.29) is 10.8 Å². The molecule has 0 radical (unpaired) electrons. The summed E-state index contributed by atoms with van der Waals surface area (Å²) >= 11 is 0. The second kappa shape index (κ2) is 14.8. The maximum absolute atomic E-state index is 9.48. The van der Waals surface area contributed by atoms with Crippen LogP contribution in [0.2, 0.25) is 0 Å². The summed E-state index contributed by atoms with van der Waals surface area (Å²) in [6.45, 7) is 9.87. The van der Waals surface area contributed by atoms with Crippen molar-refractivity contribution in [2.45, 2.75) is 103 Å². The average molecular weight is 800 g/mol. The molecule has 5 aromatic carbocycles. The molecule has 61 heavy (non-hydrogen) atoms. The van der Waals surface area contributed by atoms with Crippen LogP contribution in [0.25, 0.3) is 61.7 Å². The number of para-hydroxylation sites is 1. The minimum atomic E-state index is 0.272. The van der Waals surface area contributed by atoms with E-state index in [2.05, 4.69) is 129 Å². The van der Waals surface area contributed by atoms with Gasteiger partial charge in [0.1, 0.15) is 0 Å². The van der Waals surface area contributed by atoms with Gasteiger partial charge in [0, 0.05) is 33.2 Å². The van der Waals surface area contributed by atoms with Crippen LogP contribution in [0.1, 0.15) is 109 Å². The maximum atomic E-state index is 9.48. The van der Waals surface area contributed by atoms with Crippen molar-refractivity contribution in [3.63, 3.8) is 0 Å². The Kier molecular flexibility index (Phi) is 9.30. The second-order valence-corrected chi connectivity index (χ2v) is 20.6. The summed E-state index contributed by atoms with van der Waals surface area (Å²) in [5, 5.41) is 11.8. The molecule has 0 spiro atoms. The summed E-state index contributed by atoms with van der Waals surface area (Å²) in [6.07, 6.45) is 13.3. The average Bonchev–Trinajstić information content (AvgIpc) is 3.59. The third-order valence-electron chi connectivity index (χ3n) is 15.6. The first-order chi connectivity index (χ1) is 29.6. The molecule has 4 fully saturated rings. The zero-order chi connectivity index (χ0) is 41.5. The normalized spacial score (nSPS) is 28.4. The molecule has 306 valence electrons. The molecule has 5 heteroatoms. The zero-order valence-corrected chi connectivity index (χ0v) is 36.2. The van der Waals surface area contributed by atoms with E-state index in [1.54, 1.807) is 0 Å². The lowest BCUT2D eigenvalue weighted by molar-refractivity contribution is 0.0779. The molecule has 7 aromatic rings. The molecule has 11 rings (SSSR count). The molecule has 2 unspecified atom stereocenters. The molecule has 2 heterocycles. The predicted molar refractivity (Wildman–Crippen MR) is 248 cm³/mol. The Balaban J connectivity index is 1.02. The van der Waals surface area contributed by atoms with Gasteiger partial charge in [-0.1, -0.05) is 94.4 Å². The van der Waals surface area contributed by atoms with Gasteiger partial charge in [-0.2, -0.15) is 5.26 Å². The first kappa shape index (κ1) is 38.3. The fourth-order valence-electron chi connectivity index (χ4n) is 13.9. The van der Waals surface area contributed by atoms with E-state index in [4.69, 9.17) is 15.0 Å². The van der Waals surface area contributed by atoms with Crippen molar-refractivity contribution in [1.29, 1.82) is 5.26 Å². The number of hydrogen-bond donors (Lipinski definition) is 0. The van der Waals surface area contributed by atoms with Crippen molar-refractivity contribution in [3.05, 3.63) is 132 Å². The number of rotatable bonds is 6. The minimum absolute atomic E-state index is 0.272. The molecule has 0 amide bonds. The molecule has 2 aromatic heterocycles. The monoisotopic (exact) mass is 799 g/mol. The quantitative estimate of drug-likeness (QED) is 0.168. The number of nitrogens with zero attached hydrogens (tertiary/aromatic N) is 5. The lowest BCUT2D eigenvalue weighted by Crippen LogP contribution is -2.42. The minimum Gasteiger partial charge on any atom is -0.309 e. The molecule has 8 atom stereocenters. The molecule has 4 saturated carbocycles. The van der Waals surface area contributed by atoms with Crippen molar-refractivity contribution < 1.29 is 0 Å². The molecule has 4 aliphatic rings. The van der Waals surface area contributed by atoms with E-state index in [1.807, 2.05) is 24.3 Å². The fraction of sp³-hybridized carbons (Fsp3) is 0.393. The van der Waals surface area contributed by atoms with Gasteiger partial charge in [-0.3, -0.25) is 0 Å². The van der Waals surface area contributed by atoms with Gasteiger partial charge in [0.2, 0.25) is 0 Å². The van der Waals surface area contributed by atoms with Crippen molar-refractivity contribution in [2.24, 2.45) is 35.5 Å². The fourth-order valence-corrected chi connectivity index (χ4v) is 13.9. The standard InChI is InChI=1S/C56H57N5/c1-35-23-40-24-36(2)29-55(28-35,32-40)45-16-11-42(12-17-45)52-58-53(43-13-18-46(19-14-43)56-30-37(3)25-41(33-56)26-38(4)31-56)60-54(59-52)44-15-22-51-49(27-44)48-7-5-6-8-50(48)61(51)47-20-9-39(34-57)10-21-47/h5-22,27,35-38,40-41H,23-26,28-33H2,1-4H3/t35-,36+,37-,38+,40-,41-,55?,56?. The van der Waals surface area contributed by atoms with E-state index < -0.39 is 0 Å². The molecule has 4 aliphatic carbocycles. The Morgan fingerprint density at radius 2 is 0.934 bits per heavy atom. The van der Waals surface area contributed by atoms with Crippen LogP contribution in [0.5, 0.6) is 0 Å². The Morgan fingerprint density at radius 1 is 0.492 bits per heavy atom. The molecule has 0 saturated heterocycles. The number of nitriles is 1. The van der Waals surface area contributed by atoms with Gasteiger partial charge in [0.05, 0.1) is 22.7 Å².